The Bertz CT molecular complexity index is 1280. The van der Waals surface area contributed by atoms with Gasteiger partial charge in [0.2, 0.25) is 5.91 Å². The number of amides is 1. The lowest BCUT2D eigenvalue weighted by atomic mass is 10.0. The molecule has 10 heteroatoms. The summed E-state index contributed by atoms with van der Waals surface area (Å²) in [5.74, 6) is -3.73. The normalized spacial score (nSPS) is 21.3. The van der Waals surface area contributed by atoms with E-state index in [-0.39, 0.29) is 21.8 Å². The highest BCUT2D eigenvalue weighted by atomic mass is 79.9. The maximum Gasteiger partial charge on any atom is 0.230 e. The van der Waals surface area contributed by atoms with Gasteiger partial charge in [-0.3, -0.25) is 9.59 Å². The maximum atomic E-state index is 14.0. The third-order valence-electron chi connectivity index (χ3n) is 5.51. The Morgan fingerprint density at radius 1 is 0.971 bits per heavy atom. The van der Waals surface area contributed by atoms with E-state index in [1.807, 2.05) is 0 Å². The molecule has 1 aliphatic rings. The van der Waals surface area contributed by atoms with Crippen molar-refractivity contribution in [3.63, 3.8) is 0 Å². The second-order valence-corrected chi connectivity index (χ2v) is 11.5. The van der Waals surface area contributed by atoms with Crippen LogP contribution < -0.4 is 5.32 Å². The first-order valence-corrected chi connectivity index (χ1v) is 12.2. The largest absolute Gasteiger partial charge is 0.326 e. The molecule has 1 amide bonds. The number of Topliss-reactive ketones (excluding diaryl/α,β-unsaturated/α-hetero) is 1. The predicted octanol–water partition coefficient (Wildman–Crippen LogP) is 8.03. The fourth-order valence-electron chi connectivity index (χ4n) is 3.82. The van der Waals surface area contributed by atoms with Crippen molar-refractivity contribution in [2.24, 2.45) is 5.92 Å². The van der Waals surface area contributed by atoms with E-state index in [0.29, 0.717) is 15.6 Å². The number of carbonyl (C=O) groups is 2. The topological polar surface area (TPSA) is 46.2 Å². The second kappa shape index (κ2) is 9.75. The van der Waals surface area contributed by atoms with Gasteiger partial charge in [0.1, 0.15) is 15.4 Å². The van der Waals surface area contributed by atoms with E-state index in [1.54, 1.807) is 18.2 Å². The summed E-state index contributed by atoms with van der Waals surface area (Å²) < 4.78 is 26.9. The minimum atomic E-state index is -1.04. The minimum Gasteiger partial charge on any atom is -0.326 e. The highest BCUT2D eigenvalue weighted by molar-refractivity contribution is 9.10. The first-order chi connectivity index (χ1) is 16.0. The van der Waals surface area contributed by atoms with Crippen LogP contribution in [0.5, 0.6) is 0 Å². The molecular weight excluding hydrogens is 594 g/mol. The van der Waals surface area contributed by atoms with E-state index in [2.05, 4.69) is 21.2 Å². The van der Waals surface area contributed by atoms with Gasteiger partial charge in [0, 0.05) is 39.2 Å². The lowest BCUT2D eigenvalue weighted by Crippen LogP contribution is -2.17. The van der Waals surface area contributed by atoms with E-state index < -0.39 is 45.4 Å². The van der Waals surface area contributed by atoms with Gasteiger partial charge in [-0.2, -0.15) is 0 Å². The van der Waals surface area contributed by atoms with Crippen molar-refractivity contribution >= 4 is 79.7 Å². The van der Waals surface area contributed by atoms with Crippen molar-refractivity contribution in [3.8, 4) is 0 Å². The summed E-state index contributed by atoms with van der Waals surface area (Å²) in [7, 11) is 0. The smallest absolute Gasteiger partial charge is 0.230 e. The lowest BCUT2D eigenvalue weighted by molar-refractivity contribution is -0.117. The van der Waals surface area contributed by atoms with Crippen LogP contribution >= 0.6 is 62.3 Å². The van der Waals surface area contributed by atoms with Crippen LogP contribution in [0.1, 0.15) is 27.4 Å². The van der Waals surface area contributed by atoms with Gasteiger partial charge in [0.25, 0.3) is 0 Å². The van der Waals surface area contributed by atoms with E-state index in [0.717, 1.165) is 12.1 Å². The molecule has 0 bridgehead atoms. The van der Waals surface area contributed by atoms with Crippen LogP contribution in [0.2, 0.25) is 15.1 Å². The molecular formula is C24H14BrCl4F2NO2. The first kappa shape index (κ1) is 25.4. The standard InChI is InChI=1S/C24H14BrCl4F2NO2/c25-24(29)21(11-6-12(26)8-13(27)7-11)22(24)23(34)32-14-4-5-17(28)15(9-14)20(33)10-16-18(30)2-1-3-19(16)31/h1-9,21-22H,10H2,(H,32,34). The van der Waals surface area contributed by atoms with Crippen LogP contribution in [0, 0.1) is 17.6 Å². The van der Waals surface area contributed by atoms with Crippen LogP contribution in [-0.4, -0.2) is 15.5 Å². The summed E-state index contributed by atoms with van der Waals surface area (Å²) in [4.78, 5) is 25.7. The molecule has 0 radical (unpaired) electrons. The Balaban J connectivity index is 1.53. The number of hydrogen-bond acceptors (Lipinski definition) is 2. The maximum absolute atomic E-state index is 14.0. The SMILES string of the molecule is O=C(Cc1c(F)cccc1F)c1cc(NC(=O)C2C(c3cc(Cl)cc(Cl)c3)C2(Cl)Br)ccc1Cl. The molecule has 3 unspecified atom stereocenters. The Hall–Kier alpha value is -1.70. The third kappa shape index (κ3) is 5.12. The fourth-order valence-corrected chi connectivity index (χ4v) is 5.86. The highest BCUT2D eigenvalue weighted by Crippen LogP contribution is 2.66. The van der Waals surface area contributed by atoms with Crippen molar-refractivity contribution < 1.29 is 18.4 Å². The zero-order valence-corrected chi connectivity index (χ0v) is 21.6. The number of carbonyl (C=O) groups excluding carboxylic acids is 2. The van der Waals surface area contributed by atoms with Gasteiger partial charge >= 0.3 is 0 Å². The van der Waals surface area contributed by atoms with Crippen LogP contribution in [0.3, 0.4) is 0 Å². The molecule has 0 aliphatic heterocycles. The number of anilines is 1. The molecule has 3 aromatic rings. The number of alkyl halides is 2. The van der Waals surface area contributed by atoms with Crippen LogP contribution in [-0.2, 0) is 11.2 Å². The molecule has 1 N–H and O–H groups in total. The average Bonchev–Trinajstić information content (AvgIpc) is 3.33. The first-order valence-electron chi connectivity index (χ1n) is 9.89. The summed E-state index contributed by atoms with van der Waals surface area (Å²) in [6.45, 7) is 0. The van der Waals surface area contributed by atoms with E-state index in [1.165, 1.54) is 24.3 Å². The van der Waals surface area contributed by atoms with Gasteiger partial charge in [-0.15, -0.1) is 11.6 Å². The zero-order valence-electron chi connectivity index (χ0n) is 17.0. The van der Waals surface area contributed by atoms with Crippen LogP contribution in [0.4, 0.5) is 14.5 Å². The quantitative estimate of drug-likeness (QED) is 0.228. The van der Waals surface area contributed by atoms with Crippen molar-refractivity contribution in [1.29, 1.82) is 0 Å². The molecule has 3 atom stereocenters. The zero-order chi connectivity index (χ0) is 24.8. The van der Waals surface area contributed by atoms with Crippen molar-refractivity contribution in [2.45, 2.75) is 16.1 Å². The molecule has 176 valence electrons. The second-order valence-electron chi connectivity index (χ2n) is 7.82. The summed E-state index contributed by atoms with van der Waals surface area (Å²) >= 11 is 28.2. The van der Waals surface area contributed by atoms with Gasteiger partial charge in [-0.1, -0.05) is 56.8 Å². The molecule has 0 heterocycles. The molecule has 3 nitrogen and oxygen atoms in total. The number of hydrogen-bond donors (Lipinski definition) is 1. The fraction of sp³-hybridized carbons (Fsp3) is 0.167. The Morgan fingerprint density at radius 3 is 2.21 bits per heavy atom. The van der Waals surface area contributed by atoms with E-state index in [4.69, 9.17) is 46.4 Å². The molecule has 3 aromatic carbocycles. The molecule has 0 spiro atoms. The average molecular weight is 608 g/mol. The third-order valence-corrected chi connectivity index (χ3v) is 7.74. The number of benzene rings is 3. The molecule has 34 heavy (non-hydrogen) atoms. The molecule has 4 rings (SSSR count). The predicted molar refractivity (Wildman–Crippen MR) is 135 cm³/mol. The number of rotatable bonds is 6. The van der Waals surface area contributed by atoms with Crippen molar-refractivity contribution in [2.75, 3.05) is 5.32 Å². The summed E-state index contributed by atoms with van der Waals surface area (Å²) in [5.41, 5.74) is 0.641. The van der Waals surface area contributed by atoms with Crippen LogP contribution in [0.25, 0.3) is 0 Å². The summed E-state index contributed by atoms with van der Waals surface area (Å²) in [5, 5.41) is 3.64. The van der Waals surface area contributed by atoms with E-state index >= 15 is 0 Å². The highest BCUT2D eigenvalue weighted by Gasteiger charge is 2.67. The summed E-state index contributed by atoms with van der Waals surface area (Å²) in [6.07, 6.45) is -0.526. The lowest BCUT2D eigenvalue weighted by Gasteiger charge is -2.10. The molecule has 1 aliphatic carbocycles. The monoisotopic (exact) mass is 605 g/mol. The van der Waals surface area contributed by atoms with E-state index in [9.17, 15) is 18.4 Å². The molecule has 0 aromatic heterocycles. The van der Waals surface area contributed by atoms with Gasteiger partial charge in [-0.05, 0) is 54.1 Å². The van der Waals surface area contributed by atoms with Crippen molar-refractivity contribution in [1.82, 2.24) is 0 Å². The molecule has 1 saturated carbocycles. The number of nitrogens with one attached hydrogen (secondary N) is 1. The van der Waals surface area contributed by atoms with Gasteiger partial charge in [-0.25, -0.2) is 8.78 Å². The Labute approximate surface area is 222 Å². The van der Waals surface area contributed by atoms with Gasteiger partial charge in [0.15, 0.2) is 5.78 Å². The Kier molecular flexibility index (Phi) is 7.28. The Morgan fingerprint density at radius 2 is 1.59 bits per heavy atom. The van der Waals surface area contributed by atoms with Crippen molar-refractivity contribution in [3.05, 3.63) is 98.0 Å². The van der Waals surface area contributed by atoms with Gasteiger partial charge in [0.05, 0.1) is 10.9 Å². The number of halogens is 7. The molecule has 0 saturated heterocycles. The summed E-state index contributed by atoms with van der Waals surface area (Å²) in [6, 6.07) is 12.6. The number of ketones is 1. The van der Waals surface area contributed by atoms with Gasteiger partial charge < -0.3 is 5.32 Å². The minimum absolute atomic E-state index is 0.0204. The molecule has 1 fully saturated rings. The van der Waals surface area contributed by atoms with Crippen LogP contribution in [0.15, 0.2) is 54.6 Å².